The van der Waals surface area contributed by atoms with Crippen LogP contribution >= 0.6 is 0 Å². The average Bonchev–Trinajstić information content (AvgIpc) is 2.64. The third-order valence-electron chi connectivity index (χ3n) is 3.02. The summed E-state index contributed by atoms with van der Waals surface area (Å²) in [7, 11) is 3.95. The first kappa shape index (κ1) is 11.9. The van der Waals surface area contributed by atoms with Gasteiger partial charge in [0, 0.05) is 12.4 Å². The standard InChI is InChI=1S/C14H19N3/c1-10(2)9-12(15-3)14-11-7-5-6-8-13(11)17(4)16-14/h5-8,12,15H,1,9H2,2-4H3. The lowest BCUT2D eigenvalue weighted by Crippen LogP contribution is -2.17. The van der Waals surface area contributed by atoms with Gasteiger partial charge < -0.3 is 5.32 Å². The fourth-order valence-electron chi connectivity index (χ4n) is 2.18. The highest BCUT2D eigenvalue weighted by molar-refractivity contribution is 5.82. The Hall–Kier alpha value is -1.61. The SMILES string of the molecule is C=C(C)CC(NC)c1nn(C)c2ccccc12. The molecule has 1 N–H and O–H groups in total. The zero-order valence-corrected chi connectivity index (χ0v) is 10.7. The van der Waals surface area contributed by atoms with Crippen LogP contribution in [0.15, 0.2) is 36.4 Å². The number of hydrogen-bond acceptors (Lipinski definition) is 2. The molecule has 0 saturated heterocycles. The van der Waals surface area contributed by atoms with Gasteiger partial charge in [0.1, 0.15) is 0 Å². The van der Waals surface area contributed by atoms with Gasteiger partial charge in [0.2, 0.25) is 0 Å². The molecule has 1 unspecified atom stereocenters. The van der Waals surface area contributed by atoms with E-state index < -0.39 is 0 Å². The molecular weight excluding hydrogens is 210 g/mol. The molecule has 1 aromatic heterocycles. The Labute approximate surface area is 102 Å². The highest BCUT2D eigenvalue weighted by Gasteiger charge is 2.17. The van der Waals surface area contributed by atoms with Crippen molar-refractivity contribution in [2.24, 2.45) is 7.05 Å². The monoisotopic (exact) mass is 229 g/mol. The fourth-order valence-corrected chi connectivity index (χ4v) is 2.18. The van der Waals surface area contributed by atoms with E-state index in [9.17, 15) is 0 Å². The Morgan fingerprint density at radius 2 is 2.18 bits per heavy atom. The highest BCUT2D eigenvalue weighted by Crippen LogP contribution is 2.26. The molecule has 0 aliphatic rings. The van der Waals surface area contributed by atoms with E-state index in [0.717, 1.165) is 12.1 Å². The molecule has 0 spiro atoms. The quantitative estimate of drug-likeness (QED) is 0.817. The average molecular weight is 229 g/mol. The molecule has 0 amide bonds. The van der Waals surface area contributed by atoms with Crippen molar-refractivity contribution in [1.82, 2.24) is 15.1 Å². The van der Waals surface area contributed by atoms with E-state index in [4.69, 9.17) is 0 Å². The van der Waals surface area contributed by atoms with Crippen LogP contribution in [0.1, 0.15) is 25.1 Å². The maximum Gasteiger partial charge on any atom is 0.0875 e. The number of hydrogen-bond donors (Lipinski definition) is 1. The number of aromatic nitrogens is 2. The number of benzene rings is 1. The molecule has 1 heterocycles. The van der Waals surface area contributed by atoms with E-state index in [0.29, 0.717) is 0 Å². The summed E-state index contributed by atoms with van der Waals surface area (Å²) >= 11 is 0. The molecular formula is C14H19N3. The highest BCUT2D eigenvalue weighted by atomic mass is 15.3. The molecule has 0 radical (unpaired) electrons. The minimum Gasteiger partial charge on any atom is -0.311 e. The Bertz CT molecular complexity index is 539. The lowest BCUT2D eigenvalue weighted by atomic mass is 10.0. The summed E-state index contributed by atoms with van der Waals surface area (Å²) in [4.78, 5) is 0. The lowest BCUT2D eigenvalue weighted by molar-refractivity contribution is 0.565. The van der Waals surface area contributed by atoms with Gasteiger partial charge in [-0.1, -0.05) is 23.8 Å². The van der Waals surface area contributed by atoms with Crippen LogP contribution in [0.2, 0.25) is 0 Å². The summed E-state index contributed by atoms with van der Waals surface area (Å²) in [5, 5.41) is 9.16. The zero-order valence-electron chi connectivity index (χ0n) is 10.7. The summed E-state index contributed by atoms with van der Waals surface area (Å²) in [6.45, 7) is 6.03. The Morgan fingerprint density at radius 3 is 2.82 bits per heavy atom. The maximum absolute atomic E-state index is 4.63. The van der Waals surface area contributed by atoms with Gasteiger partial charge >= 0.3 is 0 Å². The topological polar surface area (TPSA) is 29.9 Å². The second kappa shape index (κ2) is 4.72. The van der Waals surface area contributed by atoms with Crippen molar-refractivity contribution >= 4 is 10.9 Å². The minimum absolute atomic E-state index is 0.235. The molecule has 3 nitrogen and oxygen atoms in total. The summed E-state index contributed by atoms with van der Waals surface area (Å²) in [6.07, 6.45) is 0.914. The predicted molar refractivity (Wildman–Crippen MR) is 71.9 cm³/mol. The number of para-hydroxylation sites is 1. The van der Waals surface area contributed by atoms with Crippen molar-refractivity contribution in [2.45, 2.75) is 19.4 Å². The van der Waals surface area contributed by atoms with Crippen molar-refractivity contribution in [3.63, 3.8) is 0 Å². The van der Waals surface area contributed by atoms with Gasteiger partial charge in [0.25, 0.3) is 0 Å². The first-order valence-corrected chi connectivity index (χ1v) is 5.86. The van der Waals surface area contributed by atoms with E-state index >= 15 is 0 Å². The molecule has 0 aliphatic heterocycles. The van der Waals surface area contributed by atoms with E-state index in [1.54, 1.807) is 0 Å². The van der Waals surface area contributed by atoms with Crippen LogP contribution in [0.25, 0.3) is 10.9 Å². The molecule has 90 valence electrons. The number of nitrogens with one attached hydrogen (secondary N) is 1. The number of nitrogens with zero attached hydrogens (tertiary/aromatic N) is 2. The van der Waals surface area contributed by atoms with Crippen molar-refractivity contribution in [1.29, 1.82) is 0 Å². The first-order chi connectivity index (χ1) is 8.13. The van der Waals surface area contributed by atoms with Gasteiger partial charge in [-0.2, -0.15) is 5.10 Å². The molecule has 2 rings (SSSR count). The van der Waals surface area contributed by atoms with E-state index in [1.807, 2.05) is 24.8 Å². The van der Waals surface area contributed by atoms with Crippen LogP contribution in [-0.4, -0.2) is 16.8 Å². The van der Waals surface area contributed by atoms with Gasteiger partial charge in [-0.05, 0) is 26.5 Å². The molecule has 1 aromatic carbocycles. The van der Waals surface area contributed by atoms with Crippen LogP contribution < -0.4 is 5.32 Å². The van der Waals surface area contributed by atoms with Crippen molar-refractivity contribution < 1.29 is 0 Å². The smallest absolute Gasteiger partial charge is 0.0875 e. The van der Waals surface area contributed by atoms with Gasteiger partial charge in [0.15, 0.2) is 0 Å². The van der Waals surface area contributed by atoms with Gasteiger partial charge in [-0.15, -0.1) is 6.58 Å². The van der Waals surface area contributed by atoms with Crippen LogP contribution in [0.4, 0.5) is 0 Å². The summed E-state index contributed by atoms with van der Waals surface area (Å²) in [5.41, 5.74) is 3.44. The van der Waals surface area contributed by atoms with Gasteiger partial charge in [0.05, 0.1) is 17.3 Å². The molecule has 0 bridgehead atoms. The fraction of sp³-hybridized carbons (Fsp3) is 0.357. The first-order valence-electron chi connectivity index (χ1n) is 5.86. The van der Waals surface area contributed by atoms with Crippen molar-refractivity contribution in [2.75, 3.05) is 7.05 Å². The normalized spacial score (nSPS) is 12.9. The summed E-state index contributed by atoms with van der Waals surface area (Å²) < 4.78 is 1.94. The molecule has 3 heteroatoms. The van der Waals surface area contributed by atoms with Crippen molar-refractivity contribution in [3.8, 4) is 0 Å². The Kier molecular flexibility index (Phi) is 3.29. The number of aryl methyl sites for hydroxylation is 1. The molecule has 17 heavy (non-hydrogen) atoms. The van der Waals surface area contributed by atoms with Crippen LogP contribution in [-0.2, 0) is 7.05 Å². The Balaban J connectivity index is 2.50. The molecule has 0 saturated carbocycles. The van der Waals surface area contributed by atoms with Crippen LogP contribution in [0, 0.1) is 0 Å². The third kappa shape index (κ3) is 2.24. The van der Waals surface area contributed by atoms with Crippen LogP contribution in [0.3, 0.4) is 0 Å². The number of fused-ring (bicyclic) bond motifs is 1. The Morgan fingerprint density at radius 1 is 1.47 bits per heavy atom. The molecule has 0 aliphatic carbocycles. The molecule has 0 fully saturated rings. The largest absolute Gasteiger partial charge is 0.311 e. The minimum atomic E-state index is 0.235. The van der Waals surface area contributed by atoms with Crippen molar-refractivity contribution in [3.05, 3.63) is 42.1 Å². The van der Waals surface area contributed by atoms with Gasteiger partial charge in [-0.25, -0.2) is 0 Å². The molecule has 2 aromatic rings. The predicted octanol–water partition coefficient (Wildman–Crippen LogP) is 2.80. The second-order valence-corrected chi connectivity index (χ2v) is 4.53. The zero-order chi connectivity index (χ0) is 12.4. The van der Waals surface area contributed by atoms with E-state index in [2.05, 4.69) is 42.1 Å². The number of rotatable bonds is 4. The summed E-state index contributed by atoms with van der Waals surface area (Å²) in [6, 6.07) is 8.56. The molecule has 1 atom stereocenters. The van der Waals surface area contributed by atoms with E-state index in [-0.39, 0.29) is 6.04 Å². The third-order valence-corrected chi connectivity index (χ3v) is 3.02. The maximum atomic E-state index is 4.63. The van der Waals surface area contributed by atoms with Crippen LogP contribution in [0.5, 0.6) is 0 Å². The van der Waals surface area contributed by atoms with Gasteiger partial charge in [-0.3, -0.25) is 4.68 Å². The second-order valence-electron chi connectivity index (χ2n) is 4.53. The summed E-state index contributed by atoms with van der Waals surface area (Å²) in [5.74, 6) is 0. The lowest BCUT2D eigenvalue weighted by Gasteiger charge is -2.14. The van der Waals surface area contributed by atoms with E-state index in [1.165, 1.54) is 16.5 Å².